The number of aromatic nitrogens is 1. The maximum Gasteiger partial charge on any atom is 0.128 e. The third-order valence-corrected chi connectivity index (χ3v) is 3.99. The van der Waals surface area contributed by atoms with E-state index < -0.39 is 0 Å². The normalized spacial score (nSPS) is 10.5. The number of pyridine rings is 1. The molecule has 1 aromatic carbocycles. The zero-order chi connectivity index (χ0) is 13.8. The van der Waals surface area contributed by atoms with Crippen LogP contribution in [-0.2, 0) is 5.75 Å². The van der Waals surface area contributed by atoms with E-state index in [9.17, 15) is 0 Å². The first-order valence-electron chi connectivity index (χ1n) is 6.09. The van der Waals surface area contributed by atoms with Crippen molar-refractivity contribution in [2.75, 3.05) is 12.8 Å². The lowest BCUT2D eigenvalue weighted by atomic mass is 10.1. The van der Waals surface area contributed by atoms with Crippen LogP contribution in [0.5, 0.6) is 5.75 Å². The summed E-state index contributed by atoms with van der Waals surface area (Å²) in [6.45, 7) is 4.06. The van der Waals surface area contributed by atoms with E-state index in [1.54, 1.807) is 18.9 Å². The molecule has 0 fully saturated rings. The van der Waals surface area contributed by atoms with Crippen LogP contribution in [-0.4, -0.2) is 12.1 Å². The van der Waals surface area contributed by atoms with Crippen LogP contribution in [0.2, 0.25) is 0 Å². The van der Waals surface area contributed by atoms with Crippen LogP contribution in [0, 0.1) is 13.8 Å². The molecule has 0 aliphatic heterocycles. The topological polar surface area (TPSA) is 48.1 Å². The summed E-state index contributed by atoms with van der Waals surface area (Å²) in [7, 11) is 1.70. The van der Waals surface area contributed by atoms with Crippen molar-refractivity contribution in [3.63, 3.8) is 0 Å². The Hall–Kier alpha value is -1.68. The molecule has 2 rings (SSSR count). The molecule has 4 heteroatoms. The highest BCUT2D eigenvalue weighted by Gasteiger charge is 2.09. The third kappa shape index (κ3) is 3.20. The minimum absolute atomic E-state index is 0.788. The maximum atomic E-state index is 5.77. The monoisotopic (exact) mass is 274 g/mol. The molecule has 1 aromatic heterocycles. The first kappa shape index (κ1) is 13.7. The number of methoxy groups -OCH3 is 1. The summed E-state index contributed by atoms with van der Waals surface area (Å²) in [5.41, 5.74) is 9.79. The van der Waals surface area contributed by atoms with Crippen LogP contribution in [0.15, 0.2) is 35.4 Å². The van der Waals surface area contributed by atoms with Gasteiger partial charge in [0, 0.05) is 33.7 Å². The van der Waals surface area contributed by atoms with Crippen molar-refractivity contribution < 1.29 is 4.74 Å². The van der Waals surface area contributed by atoms with Gasteiger partial charge in [-0.3, -0.25) is 4.98 Å². The lowest BCUT2D eigenvalue weighted by Crippen LogP contribution is -1.98. The van der Waals surface area contributed by atoms with Gasteiger partial charge in [0.2, 0.25) is 0 Å². The molecule has 0 aliphatic rings. The van der Waals surface area contributed by atoms with Gasteiger partial charge >= 0.3 is 0 Å². The summed E-state index contributed by atoms with van der Waals surface area (Å²) < 4.78 is 5.42. The minimum Gasteiger partial charge on any atom is -0.496 e. The molecule has 0 spiro atoms. The van der Waals surface area contributed by atoms with E-state index in [1.165, 1.54) is 0 Å². The van der Waals surface area contributed by atoms with Gasteiger partial charge in [0.1, 0.15) is 5.75 Å². The van der Waals surface area contributed by atoms with E-state index in [0.717, 1.165) is 38.9 Å². The fraction of sp³-hybridized carbons (Fsp3) is 0.267. The van der Waals surface area contributed by atoms with Crippen molar-refractivity contribution in [1.29, 1.82) is 0 Å². The van der Waals surface area contributed by atoms with Gasteiger partial charge in [-0.15, -0.1) is 11.8 Å². The molecule has 0 unspecified atom stereocenters. The summed E-state index contributed by atoms with van der Waals surface area (Å²) in [6.07, 6.45) is 1.86. The fourth-order valence-corrected chi connectivity index (χ4v) is 2.96. The second-order valence-electron chi connectivity index (χ2n) is 4.41. The van der Waals surface area contributed by atoms with E-state index in [-0.39, 0.29) is 0 Å². The average molecular weight is 274 g/mol. The Morgan fingerprint density at radius 2 is 2.11 bits per heavy atom. The van der Waals surface area contributed by atoms with Crippen LogP contribution in [0.25, 0.3) is 0 Å². The standard InChI is InChI=1S/C15H18N2OS/c1-10-8-17-14(11(2)15(10)18-3)9-19-13-6-4-5-12(16)7-13/h4-8H,9,16H2,1-3H3. The number of benzene rings is 1. The Morgan fingerprint density at radius 3 is 2.79 bits per heavy atom. The van der Waals surface area contributed by atoms with E-state index in [0.29, 0.717) is 0 Å². The zero-order valence-electron chi connectivity index (χ0n) is 11.4. The van der Waals surface area contributed by atoms with Crippen molar-refractivity contribution in [3.05, 3.63) is 47.3 Å². The molecule has 0 bridgehead atoms. The van der Waals surface area contributed by atoms with Gasteiger partial charge in [-0.1, -0.05) is 6.07 Å². The van der Waals surface area contributed by atoms with Crippen LogP contribution in [0.4, 0.5) is 5.69 Å². The van der Waals surface area contributed by atoms with Crippen molar-refractivity contribution in [2.24, 2.45) is 0 Å². The number of rotatable bonds is 4. The molecule has 2 N–H and O–H groups in total. The molecular weight excluding hydrogens is 256 g/mol. The first-order valence-corrected chi connectivity index (χ1v) is 7.07. The Labute approximate surface area is 118 Å². The molecule has 0 aliphatic carbocycles. The number of aryl methyl sites for hydroxylation is 1. The second kappa shape index (κ2) is 5.97. The van der Waals surface area contributed by atoms with Gasteiger partial charge in [0.15, 0.2) is 0 Å². The highest BCUT2D eigenvalue weighted by molar-refractivity contribution is 7.98. The van der Waals surface area contributed by atoms with Gasteiger partial charge in [-0.25, -0.2) is 0 Å². The number of anilines is 1. The van der Waals surface area contributed by atoms with Gasteiger partial charge in [0.05, 0.1) is 12.8 Å². The number of nitrogens with zero attached hydrogens (tertiary/aromatic N) is 1. The van der Waals surface area contributed by atoms with Crippen LogP contribution < -0.4 is 10.5 Å². The third-order valence-electron chi connectivity index (χ3n) is 2.98. The SMILES string of the molecule is COc1c(C)cnc(CSc2cccc(N)c2)c1C. The highest BCUT2D eigenvalue weighted by Crippen LogP contribution is 2.29. The predicted molar refractivity (Wildman–Crippen MR) is 80.7 cm³/mol. The minimum atomic E-state index is 0.788. The Balaban J connectivity index is 2.16. The maximum absolute atomic E-state index is 5.77. The van der Waals surface area contributed by atoms with Crippen molar-refractivity contribution in [1.82, 2.24) is 4.98 Å². The zero-order valence-corrected chi connectivity index (χ0v) is 12.3. The predicted octanol–water partition coefficient (Wildman–Crippen LogP) is 3.58. The molecule has 0 radical (unpaired) electrons. The van der Waals surface area contributed by atoms with E-state index in [2.05, 4.69) is 11.1 Å². The molecule has 2 aromatic rings. The molecule has 100 valence electrons. The van der Waals surface area contributed by atoms with Gasteiger partial charge < -0.3 is 10.5 Å². The molecular formula is C15H18N2OS. The van der Waals surface area contributed by atoms with Crippen LogP contribution in [0.1, 0.15) is 16.8 Å². The van der Waals surface area contributed by atoms with E-state index >= 15 is 0 Å². The molecule has 3 nitrogen and oxygen atoms in total. The van der Waals surface area contributed by atoms with Crippen LogP contribution >= 0.6 is 11.8 Å². The van der Waals surface area contributed by atoms with E-state index in [4.69, 9.17) is 10.5 Å². The van der Waals surface area contributed by atoms with Crippen LogP contribution in [0.3, 0.4) is 0 Å². The molecule has 0 atom stereocenters. The molecule has 0 saturated heterocycles. The second-order valence-corrected chi connectivity index (χ2v) is 5.46. The Bertz CT molecular complexity index is 584. The summed E-state index contributed by atoms with van der Waals surface area (Å²) in [6, 6.07) is 7.89. The number of nitrogen functional groups attached to an aromatic ring is 1. The number of hydrogen-bond donors (Lipinski definition) is 1. The quantitative estimate of drug-likeness (QED) is 0.684. The first-order chi connectivity index (χ1) is 9.11. The average Bonchev–Trinajstić information content (AvgIpc) is 2.38. The number of ether oxygens (including phenoxy) is 1. The summed E-state index contributed by atoms with van der Waals surface area (Å²) >= 11 is 1.73. The highest BCUT2D eigenvalue weighted by atomic mass is 32.2. The van der Waals surface area contributed by atoms with Gasteiger partial charge in [-0.05, 0) is 32.0 Å². The largest absolute Gasteiger partial charge is 0.496 e. The smallest absolute Gasteiger partial charge is 0.128 e. The number of thioether (sulfide) groups is 1. The molecule has 0 amide bonds. The Kier molecular flexibility index (Phi) is 4.32. The number of nitrogens with two attached hydrogens (primary N) is 1. The van der Waals surface area contributed by atoms with E-state index in [1.807, 2.05) is 38.2 Å². The van der Waals surface area contributed by atoms with Crippen molar-refractivity contribution >= 4 is 17.4 Å². The summed E-state index contributed by atoms with van der Waals surface area (Å²) in [5, 5.41) is 0. The van der Waals surface area contributed by atoms with Gasteiger partial charge in [-0.2, -0.15) is 0 Å². The lowest BCUT2D eigenvalue weighted by molar-refractivity contribution is 0.407. The Morgan fingerprint density at radius 1 is 1.32 bits per heavy atom. The lowest BCUT2D eigenvalue weighted by Gasteiger charge is -2.12. The van der Waals surface area contributed by atoms with Crippen molar-refractivity contribution in [3.8, 4) is 5.75 Å². The molecule has 1 heterocycles. The van der Waals surface area contributed by atoms with Gasteiger partial charge in [0.25, 0.3) is 0 Å². The molecule has 19 heavy (non-hydrogen) atoms. The summed E-state index contributed by atoms with van der Waals surface area (Å²) in [5.74, 6) is 1.74. The van der Waals surface area contributed by atoms with Crippen molar-refractivity contribution in [2.45, 2.75) is 24.5 Å². The molecule has 0 saturated carbocycles. The summed E-state index contributed by atoms with van der Waals surface area (Å²) in [4.78, 5) is 5.65. The number of hydrogen-bond acceptors (Lipinski definition) is 4. The fourth-order valence-electron chi connectivity index (χ4n) is 1.97.